The molecule has 0 aliphatic rings. The SMILES string of the molecule is CCNC(=NCC(O)c1ccc(OC(C)C)cc1)NCCc1cccs1.I. The van der Waals surface area contributed by atoms with E-state index in [1.807, 2.05) is 45.0 Å². The Hall–Kier alpha value is -1.32. The number of thiophene rings is 1. The minimum absolute atomic E-state index is 0. The summed E-state index contributed by atoms with van der Waals surface area (Å²) < 4.78 is 5.63. The summed E-state index contributed by atoms with van der Waals surface area (Å²) in [6.07, 6.45) is 0.455. The van der Waals surface area contributed by atoms with Gasteiger partial charge in [-0.05, 0) is 56.3 Å². The molecule has 0 fully saturated rings. The summed E-state index contributed by atoms with van der Waals surface area (Å²) in [5.41, 5.74) is 0.833. The molecular formula is C20H30IN3O2S. The third-order valence-corrected chi connectivity index (χ3v) is 4.58. The van der Waals surface area contributed by atoms with Gasteiger partial charge in [-0.2, -0.15) is 0 Å². The lowest BCUT2D eigenvalue weighted by molar-refractivity contribution is 0.186. The minimum atomic E-state index is -0.643. The van der Waals surface area contributed by atoms with Crippen LogP contribution in [-0.4, -0.2) is 36.8 Å². The maximum absolute atomic E-state index is 10.4. The van der Waals surface area contributed by atoms with Crippen LogP contribution in [0, 0.1) is 0 Å². The molecule has 0 saturated heterocycles. The summed E-state index contributed by atoms with van der Waals surface area (Å²) >= 11 is 1.76. The molecule has 1 atom stereocenters. The van der Waals surface area contributed by atoms with Gasteiger partial charge in [0.1, 0.15) is 5.75 Å². The highest BCUT2D eigenvalue weighted by atomic mass is 127. The molecule has 0 bridgehead atoms. The molecule has 0 aliphatic heterocycles. The van der Waals surface area contributed by atoms with Crippen molar-refractivity contribution in [3.63, 3.8) is 0 Å². The molecule has 1 unspecified atom stereocenters. The third-order valence-electron chi connectivity index (χ3n) is 3.65. The quantitative estimate of drug-likeness (QED) is 0.275. The van der Waals surface area contributed by atoms with Crippen molar-refractivity contribution in [2.24, 2.45) is 4.99 Å². The van der Waals surface area contributed by atoms with Gasteiger partial charge in [-0.3, -0.25) is 4.99 Å². The fourth-order valence-electron chi connectivity index (χ4n) is 2.42. The molecule has 2 aromatic rings. The molecule has 150 valence electrons. The van der Waals surface area contributed by atoms with E-state index in [-0.39, 0.29) is 30.1 Å². The van der Waals surface area contributed by atoms with Gasteiger partial charge in [0.2, 0.25) is 0 Å². The van der Waals surface area contributed by atoms with Gasteiger partial charge >= 0.3 is 0 Å². The molecule has 0 saturated carbocycles. The minimum Gasteiger partial charge on any atom is -0.491 e. The second-order valence-electron chi connectivity index (χ2n) is 6.23. The molecule has 27 heavy (non-hydrogen) atoms. The number of aliphatic hydroxyl groups is 1. The fraction of sp³-hybridized carbons (Fsp3) is 0.450. The number of ether oxygens (including phenoxy) is 1. The maximum Gasteiger partial charge on any atom is 0.191 e. The lowest BCUT2D eigenvalue weighted by Crippen LogP contribution is -2.38. The monoisotopic (exact) mass is 503 g/mol. The van der Waals surface area contributed by atoms with E-state index < -0.39 is 6.10 Å². The first-order chi connectivity index (χ1) is 12.6. The number of nitrogens with one attached hydrogen (secondary N) is 2. The highest BCUT2D eigenvalue weighted by Gasteiger charge is 2.08. The zero-order valence-electron chi connectivity index (χ0n) is 16.1. The summed E-state index contributed by atoms with van der Waals surface area (Å²) in [4.78, 5) is 5.84. The van der Waals surface area contributed by atoms with E-state index >= 15 is 0 Å². The van der Waals surface area contributed by atoms with Gasteiger partial charge in [-0.25, -0.2) is 0 Å². The summed E-state index contributed by atoms with van der Waals surface area (Å²) in [5.74, 6) is 1.53. The molecule has 3 N–H and O–H groups in total. The number of benzene rings is 1. The summed E-state index contributed by atoms with van der Waals surface area (Å²) in [6.45, 7) is 7.90. The molecule has 1 aromatic carbocycles. The lowest BCUT2D eigenvalue weighted by atomic mass is 10.1. The van der Waals surface area contributed by atoms with Crippen LogP contribution in [0.5, 0.6) is 5.75 Å². The van der Waals surface area contributed by atoms with Crippen molar-refractivity contribution in [1.29, 1.82) is 0 Å². The third kappa shape index (κ3) is 8.94. The van der Waals surface area contributed by atoms with Crippen molar-refractivity contribution < 1.29 is 9.84 Å². The zero-order chi connectivity index (χ0) is 18.8. The molecule has 1 heterocycles. The summed E-state index contributed by atoms with van der Waals surface area (Å²) in [6, 6.07) is 11.7. The molecule has 7 heteroatoms. The van der Waals surface area contributed by atoms with Crippen molar-refractivity contribution in [3.8, 4) is 5.75 Å². The highest BCUT2D eigenvalue weighted by molar-refractivity contribution is 14.0. The van der Waals surface area contributed by atoms with E-state index in [1.165, 1.54) is 4.88 Å². The van der Waals surface area contributed by atoms with E-state index in [2.05, 4.69) is 33.1 Å². The Bertz CT molecular complexity index is 660. The van der Waals surface area contributed by atoms with Crippen molar-refractivity contribution in [2.75, 3.05) is 19.6 Å². The number of nitrogens with zero attached hydrogens (tertiary/aromatic N) is 1. The number of aliphatic imine (C=N–C) groups is 1. The molecular weight excluding hydrogens is 473 g/mol. The summed E-state index contributed by atoms with van der Waals surface area (Å²) in [7, 11) is 0. The average Bonchev–Trinajstić information content (AvgIpc) is 3.13. The van der Waals surface area contributed by atoms with Gasteiger partial charge in [-0.1, -0.05) is 18.2 Å². The Balaban J connectivity index is 0.00000364. The Labute approximate surface area is 183 Å². The largest absolute Gasteiger partial charge is 0.491 e. The standard InChI is InChI=1S/C20H29N3O2S.HI/c1-4-21-20(22-12-11-18-6-5-13-26-18)23-14-19(24)16-7-9-17(10-8-16)25-15(2)3;/h5-10,13,15,19,24H,4,11-12,14H2,1-3H3,(H2,21,22,23);1H. The first-order valence-corrected chi connectivity index (χ1v) is 9.95. The maximum atomic E-state index is 10.4. The zero-order valence-corrected chi connectivity index (χ0v) is 19.3. The van der Waals surface area contributed by atoms with Crippen LogP contribution in [-0.2, 0) is 6.42 Å². The number of hydrogen-bond acceptors (Lipinski definition) is 4. The van der Waals surface area contributed by atoms with Crippen molar-refractivity contribution in [3.05, 3.63) is 52.2 Å². The van der Waals surface area contributed by atoms with Crippen molar-refractivity contribution in [2.45, 2.75) is 39.4 Å². The number of hydrogen-bond donors (Lipinski definition) is 3. The van der Waals surface area contributed by atoms with Gasteiger partial charge in [0.15, 0.2) is 5.96 Å². The van der Waals surface area contributed by atoms with Crippen LogP contribution in [0.4, 0.5) is 0 Å². The van der Waals surface area contributed by atoms with E-state index in [4.69, 9.17) is 4.74 Å². The lowest BCUT2D eigenvalue weighted by Gasteiger charge is -2.14. The van der Waals surface area contributed by atoms with Gasteiger partial charge in [-0.15, -0.1) is 35.3 Å². The van der Waals surface area contributed by atoms with Crippen LogP contribution in [0.3, 0.4) is 0 Å². The van der Waals surface area contributed by atoms with E-state index in [0.717, 1.165) is 36.8 Å². The molecule has 0 spiro atoms. The van der Waals surface area contributed by atoms with Gasteiger partial charge in [0.05, 0.1) is 18.8 Å². The van der Waals surface area contributed by atoms with Crippen LogP contribution in [0.25, 0.3) is 0 Å². The smallest absolute Gasteiger partial charge is 0.191 e. The molecule has 2 rings (SSSR count). The Morgan fingerprint density at radius 3 is 2.52 bits per heavy atom. The number of halogens is 1. The predicted molar refractivity (Wildman–Crippen MR) is 125 cm³/mol. The topological polar surface area (TPSA) is 65.9 Å². The van der Waals surface area contributed by atoms with Gasteiger partial charge < -0.3 is 20.5 Å². The van der Waals surface area contributed by atoms with E-state index in [0.29, 0.717) is 6.54 Å². The first kappa shape index (κ1) is 23.7. The van der Waals surface area contributed by atoms with Crippen LogP contribution in [0.2, 0.25) is 0 Å². The average molecular weight is 503 g/mol. The second kappa shape index (κ2) is 13.0. The van der Waals surface area contributed by atoms with Gasteiger partial charge in [0, 0.05) is 18.0 Å². The normalized spacial score (nSPS) is 12.4. The molecule has 0 radical (unpaired) electrons. The van der Waals surface area contributed by atoms with Crippen LogP contribution >= 0.6 is 35.3 Å². The summed E-state index contributed by atoms with van der Waals surface area (Å²) in [5, 5.41) is 19.0. The first-order valence-electron chi connectivity index (χ1n) is 9.07. The predicted octanol–water partition coefficient (Wildman–Crippen LogP) is 3.98. The Morgan fingerprint density at radius 1 is 1.19 bits per heavy atom. The van der Waals surface area contributed by atoms with Crippen LogP contribution in [0.15, 0.2) is 46.8 Å². The van der Waals surface area contributed by atoms with E-state index in [9.17, 15) is 5.11 Å². The number of rotatable bonds is 9. The van der Waals surface area contributed by atoms with E-state index in [1.54, 1.807) is 11.3 Å². The Morgan fingerprint density at radius 2 is 1.93 bits per heavy atom. The molecule has 1 aromatic heterocycles. The molecule has 0 amide bonds. The fourth-order valence-corrected chi connectivity index (χ4v) is 3.13. The van der Waals surface area contributed by atoms with Crippen molar-refractivity contribution >= 4 is 41.3 Å². The number of aliphatic hydroxyl groups excluding tert-OH is 1. The highest BCUT2D eigenvalue weighted by Crippen LogP contribution is 2.19. The van der Waals surface area contributed by atoms with Crippen molar-refractivity contribution in [1.82, 2.24) is 10.6 Å². The van der Waals surface area contributed by atoms with Gasteiger partial charge in [0.25, 0.3) is 0 Å². The Kier molecular flexibility index (Phi) is 11.4. The second-order valence-corrected chi connectivity index (χ2v) is 7.26. The number of guanidine groups is 1. The van der Waals surface area contributed by atoms with Crippen LogP contribution < -0.4 is 15.4 Å². The molecule has 0 aliphatic carbocycles. The van der Waals surface area contributed by atoms with Crippen LogP contribution in [0.1, 0.15) is 37.3 Å². The molecule has 5 nitrogen and oxygen atoms in total.